The molecular weight excluding hydrogens is 259 g/mol. The van der Waals surface area contributed by atoms with Gasteiger partial charge in [0.15, 0.2) is 0 Å². The van der Waals surface area contributed by atoms with Crippen LogP contribution >= 0.6 is 15.9 Å². The summed E-state index contributed by atoms with van der Waals surface area (Å²) in [4.78, 5) is 0. The maximum Gasteiger partial charge on any atom is 0.123 e. The van der Waals surface area contributed by atoms with Crippen LogP contribution in [0.3, 0.4) is 0 Å². The molecule has 0 saturated carbocycles. The molecule has 0 bridgehead atoms. The summed E-state index contributed by atoms with van der Waals surface area (Å²) in [5.41, 5.74) is 0.867. The molecule has 0 aliphatic carbocycles. The monoisotopic (exact) mass is 274 g/mol. The Labute approximate surface area is 98.8 Å². The summed E-state index contributed by atoms with van der Waals surface area (Å²) in [6.07, 6.45) is 3.45. The second-order valence-electron chi connectivity index (χ2n) is 3.50. The number of halogens is 2. The summed E-state index contributed by atoms with van der Waals surface area (Å²) >= 11 is 3.37. The molecule has 84 valence electrons. The number of ether oxygens (including phenoxy) is 1. The van der Waals surface area contributed by atoms with Crippen LogP contribution in [0.2, 0.25) is 0 Å². The van der Waals surface area contributed by atoms with Crippen molar-refractivity contribution in [3.8, 4) is 0 Å². The highest BCUT2D eigenvalue weighted by Crippen LogP contribution is 2.18. The molecule has 1 nitrogen and oxygen atoms in total. The minimum Gasteiger partial charge on any atom is -0.377 e. The van der Waals surface area contributed by atoms with Gasteiger partial charge in [-0.1, -0.05) is 35.7 Å². The molecule has 3 heteroatoms. The van der Waals surface area contributed by atoms with Crippen LogP contribution in [0.4, 0.5) is 4.39 Å². The standard InChI is InChI=1S/C12H16BrFO/c1-2-3-4-7-15-9-10-8-11(14)5-6-12(10)13/h5-6,8H,2-4,7,9H2,1H3. The zero-order valence-corrected chi connectivity index (χ0v) is 10.5. The normalized spacial score (nSPS) is 10.6. The van der Waals surface area contributed by atoms with Gasteiger partial charge in [-0.2, -0.15) is 0 Å². The predicted molar refractivity (Wildman–Crippen MR) is 63.3 cm³/mol. The Morgan fingerprint density at radius 1 is 1.33 bits per heavy atom. The fraction of sp³-hybridized carbons (Fsp3) is 0.500. The van der Waals surface area contributed by atoms with Crippen LogP contribution in [0, 0.1) is 5.82 Å². The Kier molecular flexibility index (Phi) is 5.88. The molecule has 1 rings (SSSR count). The molecule has 0 atom stereocenters. The third-order valence-electron chi connectivity index (χ3n) is 2.16. The van der Waals surface area contributed by atoms with Crippen LogP contribution in [-0.4, -0.2) is 6.61 Å². The third-order valence-corrected chi connectivity index (χ3v) is 2.93. The van der Waals surface area contributed by atoms with Gasteiger partial charge in [0.25, 0.3) is 0 Å². The smallest absolute Gasteiger partial charge is 0.123 e. The van der Waals surface area contributed by atoms with Crippen LogP contribution in [0.15, 0.2) is 22.7 Å². The lowest BCUT2D eigenvalue weighted by atomic mass is 10.2. The van der Waals surface area contributed by atoms with Crippen LogP contribution in [-0.2, 0) is 11.3 Å². The van der Waals surface area contributed by atoms with Crippen molar-refractivity contribution in [2.45, 2.75) is 32.8 Å². The van der Waals surface area contributed by atoms with E-state index in [-0.39, 0.29) is 5.82 Å². The summed E-state index contributed by atoms with van der Waals surface area (Å²) in [7, 11) is 0. The van der Waals surface area contributed by atoms with Gasteiger partial charge in [-0.25, -0.2) is 4.39 Å². The van der Waals surface area contributed by atoms with Crippen molar-refractivity contribution in [3.05, 3.63) is 34.1 Å². The van der Waals surface area contributed by atoms with Crippen LogP contribution in [0.1, 0.15) is 31.7 Å². The van der Waals surface area contributed by atoms with Crippen molar-refractivity contribution in [1.29, 1.82) is 0 Å². The van der Waals surface area contributed by atoms with E-state index >= 15 is 0 Å². The highest BCUT2D eigenvalue weighted by molar-refractivity contribution is 9.10. The lowest BCUT2D eigenvalue weighted by Crippen LogP contribution is -1.96. The van der Waals surface area contributed by atoms with E-state index in [4.69, 9.17) is 4.74 Å². The quantitative estimate of drug-likeness (QED) is 0.703. The molecule has 0 aliphatic heterocycles. The molecule has 0 radical (unpaired) electrons. The zero-order valence-electron chi connectivity index (χ0n) is 8.93. The Bertz CT molecular complexity index is 302. The first-order valence-corrected chi connectivity index (χ1v) is 6.05. The van der Waals surface area contributed by atoms with E-state index in [0.717, 1.165) is 23.1 Å². The van der Waals surface area contributed by atoms with Gasteiger partial charge in [-0.05, 0) is 30.2 Å². The van der Waals surface area contributed by atoms with Crippen molar-refractivity contribution in [2.75, 3.05) is 6.61 Å². The summed E-state index contributed by atoms with van der Waals surface area (Å²) < 4.78 is 19.3. The minimum atomic E-state index is -0.217. The summed E-state index contributed by atoms with van der Waals surface area (Å²) in [6, 6.07) is 4.65. The van der Waals surface area contributed by atoms with E-state index in [1.165, 1.54) is 25.0 Å². The van der Waals surface area contributed by atoms with Gasteiger partial charge >= 0.3 is 0 Å². The molecule has 0 saturated heterocycles. The van der Waals surface area contributed by atoms with E-state index in [2.05, 4.69) is 22.9 Å². The number of rotatable bonds is 6. The average molecular weight is 275 g/mol. The molecule has 0 N–H and O–H groups in total. The van der Waals surface area contributed by atoms with E-state index in [9.17, 15) is 4.39 Å². The SMILES string of the molecule is CCCCCOCc1cc(F)ccc1Br. The maximum atomic E-state index is 12.9. The fourth-order valence-corrected chi connectivity index (χ4v) is 1.65. The van der Waals surface area contributed by atoms with Gasteiger partial charge in [0, 0.05) is 11.1 Å². The maximum absolute atomic E-state index is 12.9. The van der Waals surface area contributed by atoms with Gasteiger partial charge in [-0.15, -0.1) is 0 Å². The van der Waals surface area contributed by atoms with Gasteiger partial charge < -0.3 is 4.74 Å². The van der Waals surface area contributed by atoms with E-state index in [1.54, 1.807) is 6.07 Å². The Balaban J connectivity index is 2.33. The van der Waals surface area contributed by atoms with Gasteiger partial charge in [0.05, 0.1) is 6.61 Å². The lowest BCUT2D eigenvalue weighted by Gasteiger charge is -2.06. The highest BCUT2D eigenvalue weighted by atomic mass is 79.9. The molecule has 0 unspecified atom stereocenters. The second-order valence-corrected chi connectivity index (χ2v) is 4.35. The van der Waals surface area contributed by atoms with Crippen molar-refractivity contribution in [2.24, 2.45) is 0 Å². The first kappa shape index (κ1) is 12.7. The van der Waals surface area contributed by atoms with Crippen molar-refractivity contribution in [1.82, 2.24) is 0 Å². The van der Waals surface area contributed by atoms with Gasteiger partial charge in [0.1, 0.15) is 5.82 Å². The molecule has 0 heterocycles. The van der Waals surface area contributed by atoms with Crippen LogP contribution < -0.4 is 0 Å². The second kappa shape index (κ2) is 6.96. The lowest BCUT2D eigenvalue weighted by molar-refractivity contribution is 0.116. The zero-order chi connectivity index (χ0) is 11.1. The highest BCUT2D eigenvalue weighted by Gasteiger charge is 2.01. The van der Waals surface area contributed by atoms with Crippen LogP contribution in [0.25, 0.3) is 0 Å². The largest absolute Gasteiger partial charge is 0.377 e. The Morgan fingerprint density at radius 3 is 2.87 bits per heavy atom. The molecule has 0 amide bonds. The topological polar surface area (TPSA) is 9.23 Å². The number of benzene rings is 1. The van der Waals surface area contributed by atoms with Crippen LogP contribution in [0.5, 0.6) is 0 Å². The number of hydrogen-bond donors (Lipinski definition) is 0. The molecule has 0 aliphatic rings. The molecule has 1 aromatic rings. The molecule has 0 aromatic heterocycles. The van der Waals surface area contributed by atoms with Crippen molar-refractivity contribution >= 4 is 15.9 Å². The Morgan fingerprint density at radius 2 is 2.13 bits per heavy atom. The van der Waals surface area contributed by atoms with E-state index < -0.39 is 0 Å². The van der Waals surface area contributed by atoms with Gasteiger partial charge in [-0.3, -0.25) is 0 Å². The summed E-state index contributed by atoms with van der Waals surface area (Å²) in [6.45, 7) is 3.38. The van der Waals surface area contributed by atoms with E-state index in [0.29, 0.717) is 6.61 Å². The van der Waals surface area contributed by atoms with Crippen molar-refractivity contribution in [3.63, 3.8) is 0 Å². The third kappa shape index (κ3) is 4.76. The predicted octanol–water partition coefficient (Wildman–Crippen LogP) is 4.30. The minimum absolute atomic E-state index is 0.217. The average Bonchev–Trinajstić information content (AvgIpc) is 2.23. The van der Waals surface area contributed by atoms with E-state index in [1.807, 2.05) is 0 Å². The fourth-order valence-electron chi connectivity index (χ4n) is 1.29. The van der Waals surface area contributed by atoms with Gasteiger partial charge in [0.2, 0.25) is 0 Å². The Hall–Kier alpha value is -0.410. The summed E-state index contributed by atoms with van der Waals surface area (Å²) in [5.74, 6) is -0.217. The molecule has 15 heavy (non-hydrogen) atoms. The van der Waals surface area contributed by atoms with Crippen molar-refractivity contribution < 1.29 is 9.13 Å². The first-order chi connectivity index (χ1) is 7.24. The summed E-state index contributed by atoms with van der Waals surface area (Å²) in [5, 5.41) is 0. The molecule has 0 spiro atoms. The number of hydrogen-bond acceptors (Lipinski definition) is 1. The number of unbranched alkanes of at least 4 members (excludes halogenated alkanes) is 2. The molecular formula is C12H16BrFO. The molecule has 0 fully saturated rings. The molecule has 1 aromatic carbocycles. The first-order valence-electron chi connectivity index (χ1n) is 5.25.